The molecule has 0 aromatic heterocycles. The predicted molar refractivity (Wildman–Crippen MR) is 107 cm³/mol. The van der Waals surface area contributed by atoms with Gasteiger partial charge < -0.3 is 5.32 Å². The van der Waals surface area contributed by atoms with Crippen LogP contribution >= 0.6 is 0 Å². The summed E-state index contributed by atoms with van der Waals surface area (Å²) in [6, 6.07) is 18.1. The van der Waals surface area contributed by atoms with Crippen LogP contribution in [0.5, 0.6) is 0 Å². The van der Waals surface area contributed by atoms with Crippen LogP contribution in [0.2, 0.25) is 0 Å². The van der Waals surface area contributed by atoms with E-state index in [2.05, 4.69) is 10.2 Å². The quantitative estimate of drug-likeness (QED) is 0.807. The lowest BCUT2D eigenvalue weighted by Crippen LogP contribution is -2.52. The van der Waals surface area contributed by atoms with Crippen molar-refractivity contribution in [1.82, 2.24) is 14.5 Å². The zero-order valence-electron chi connectivity index (χ0n) is 15.7. The van der Waals surface area contributed by atoms with Gasteiger partial charge in [0.2, 0.25) is 15.9 Å². The highest BCUT2D eigenvalue weighted by molar-refractivity contribution is 7.89. The van der Waals surface area contributed by atoms with Crippen molar-refractivity contribution in [1.29, 1.82) is 0 Å². The molecular weight excluding hydrogens is 374 g/mol. The molecule has 4 rings (SSSR count). The standard InChI is InChI=1S/C21H25N3O3S/c25-21(22-18-11-12-18)20(17-7-3-1-4-8-17)23-13-15-24(16-14-23)28(26,27)19-9-5-2-6-10-19/h1-10,18,20H,11-16H2,(H,22,25). The predicted octanol–water partition coefficient (Wildman–Crippen LogP) is 2.01. The van der Waals surface area contributed by atoms with Crippen molar-refractivity contribution in [2.24, 2.45) is 0 Å². The van der Waals surface area contributed by atoms with E-state index >= 15 is 0 Å². The number of hydrogen-bond acceptors (Lipinski definition) is 4. The second kappa shape index (κ2) is 8.03. The van der Waals surface area contributed by atoms with Crippen molar-refractivity contribution < 1.29 is 13.2 Å². The van der Waals surface area contributed by atoms with Crippen LogP contribution in [-0.2, 0) is 14.8 Å². The van der Waals surface area contributed by atoms with E-state index in [1.54, 1.807) is 30.3 Å². The van der Waals surface area contributed by atoms with E-state index in [4.69, 9.17) is 0 Å². The molecule has 6 nitrogen and oxygen atoms in total. The number of sulfonamides is 1. The maximum atomic E-state index is 12.9. The maximum absolute atomic E-state index is 12.9. The van der Waals surface area contributed by atoms with Crippen molar-refractivity contribution in [3.63, 3.8) is 0 Å². The molecule has 1 heterocycles. The molecule has 0 radical (unpaired) electrons. The van der Waals surface area contributed by atoms with E-state index in [1.807, 2.05) is 30.3 Å². The van der Waals surface area contributed by atoms with Crippen LogP contribution < -0.4 is 5.32 Å². The highest BCUT2D eigenvalue weighted by Gasteiger charge is 2.36. The summed E-state index contributed by atoms with van der Waals surface area (Å²) in [5.41, 5.74) is 0.944. The third-order valence-electron chi connectivity index (χ3n) is 5.31. The Bertz CT molecular complexity index is 906. The number of piperazine rings is 1. The van der Waals surface area contributed by atoms with Gasteiger partial charge in [0, 0.05) is 32.2 Å². The van der Waals surface area contributed by atoms with Crippen molar-refractivity contribution in [2.75, 3.05) is 26.2 Å². The summed E-state index contributed by atoms with van der Waals surface area (Å²) in [6.07, 6.45) is 2.08. The van der Waals surface area contributed by atoms with Gasteiger partial charge in [0.1, 0.15) is 6.04 Å². The van der Waals surface area contributed by atoms with Crippen molar-refractivity contribution in [2.45, 2.75) is 29.8 Å². The maximum Gasteiger partial charge on any atom is 0.243 e. The fourth-order valence-corrected chi connectivity index (χ4v) is 5.06. The molecule has 1 N–H and O–H groups in total. The molecule has 1 saturated heterocycles. The smallest absolute Gasteiger partial charge is 0.243 e. The van der Waals surface area contributed by atoms with Gasteiger partial charge in [-0.15, -0.1) is 0 Å². The second-order valence-electron chi connectivity index (χ2n) is 7.35. The molecular formula is C21H25N3O3S. The van der Waals surface area contributed by atoms with E-state index in [1.165, 1.54) is 4.31 Å². The summed E-state index contributed by atoms with van der Waals surface area (Å²) < 4.78 is 27.2. The second-order valence-corrected chi connectivity index (χ2v) is 9.29. The van der Waals surface area contributed by atoms with Gasteiger partial charge in [-0.05, 0) is 30.5 Å². The SMILES string of the molecule is O=C(NC1CC1)C(c1ccccc1)N1CCN(S(=O)(=O)c2ccccc2)CC1. The summed E-state index contributed by atoms with van der Waals surface area (Å²) in [4.78, 5) is 15.3. The number of carbonyl (C=O) groups excluding carboxylic acids is 1. The van der Waals surface area contributed by atoms with E-state index < -0.39 is 10.0 Å². The fourth-order valence-electron chi connectivity index (χ4n) is 3.61. The zero-order valence-corrected chi connectivity index (χ0v) is 16.5. The van der Waals surface area contributed by atoms with E-state index in [0.717, 1.165) is 18.4 Å². The molecule has 2 aliphatic rings. The molecule has 1 atom stereocenters. The Kier molecular flexibility index (Phi) is 5.48. The van der Waals surface area contributed by atoms with Crippen LogP contribution in [0.25, 0.3) is 0 Å². The number of carbonyl (C=O) groups is 1. The normalized spacial score (nSPS) is 19.9. The Labute approximate surface area is 166 Å². The minimum absolute atomic E-state index is 0.00747. The minimum Gasteiger partial charge on any atom is -0.352 e. The zero-order chi connectivity index (χ0) is 19.6. The summed E-state index contributed by atoms with van der Waals surface area (Å²) in [6.45, 7) is 1.78. The van der Waals surface area contributed by atoms with E-state index in [-0.39, 0.29) is 11.9 Å². The van der Waals surface area contributed by atoms with E-state index in [0.29, 0.717) is 37.1 Å². The third kappa shape index (κ3) is 4.11. The van der Waals surface area contributed by atoms with Crippen LogP contribution in [0.4, 0.5) is 0 Å². The average Bonchev–Trinajstić information content (AvgIpc) is 3.54. The van der Waals surface area contributed by atoms with Gasteiger partial charge in [-0.2, -0.15) is 4.31 Å². The molecule has 2 fully saturated rings. The van der Waals surface area contributed by atoms with Crippen LogP contribution in [0.1, 0.15) is 24.4 Å². The lowest BCUT2D eigenvalue weighted by atomic mass is 10.0. The number of benzene rings is 2. The molecule has 2 aromatic rings. The van der Waals surface area contributed by atoms with Gasteiger partial charge in [0.05, 0.1) is 4.90 Å². The number of rotatable bonds is 6. The summed E-state index contributed by atoms with van der Waals surface area (Å²) in [7, 11) is -3.50. The van der Waals surface area contributed by atoms with Crippen LogP contribution in [0.15, 0.2) is 65.6 Å². The van der Waals surface area contributed by atoms with Crippen LogP contribution in [-0.4, -0.2) is 55.8 Å². The Hall–Kier alpha value is -2.22. The van der Waals surface area contributed by atoms with Crippen LogP contribution in [0, 0.1) is 0 Å². The van der Waals surface area contributed by atoms with Gasteiger partial charge >= 0.3 is 0 Å². The van der Waals surface area contributed by atoms with E-state index in [9.17, 15) is 13.2 Å². The largest absolute Gasteiger partial charge is 0.352 e. The lowest BCUT2D eigenvalue weighted by Gasteiger charge is -2.38. The molecule has 1 saturated carbocycles. The number of nitrogens with zero attached hydrogens (tertiary/aromatic N) is 2. The first-order valence-electron chi connectivity index (χ1n) is 9.70. The highest BCUT2D eigenvalue weighted by atomic mass is 32.2. The molecule has 1 aliphatic carbocycles. The number of hydrogen-bond donors (Lipinski definition) is 1. The number of amides is 1. The molecule has 1 unspecified atom stereocenters. The summed E-state index contributed by atoms with van der Waals surface area (Å²) >= 11 is 0. The van der Waals surface area contributed by atoms with Crippen molar-refractivity contribution >= 4 is 15.9 Å². The highest BCUT2D eigenvalue weighted by Crippen LogP contribution is 2.27. The summed E-state index contributed by atoms with van der Waals surface area (Å²) in [5, 5.41) is 3.10. The Morgan fingerprint density at radius 2 is 1.46 bits per heavy atom. The molecule has 7 heteroatoms. The molecule has 1 amide bonds. The average molecular weight is 400 g/mol. The lowest BCUT2D eigenvalue weighted by molar-refractivity contribution is -0.127. The molecule has 148 valence electrons. The molecule has 28 heavy (non-hydrogen) atoms. The Morgan fingerprint density at radius 1 is 0.893 bits per heavy atom. The first-order valence-corrected chi connectivity index (χ1v) is 11.1. The third-order valence-corrected chi connectivity index (χ3v) is 7.22. The number of nitrogens with one attached hydrogen (secondary N) is 1. The molecule has 0 bridgehead atoms. The van der Waals surface area contributed by atoms with Crippen molar-refractivity contribution in [3.05, 3.63) is 66.2 Å². The fraction of sp³-hybridized carbons (Fsp3) is 0.381. The Morgan fingerprint density at radius 3 is 2.04 bits per heavy atom. The molecule has 1 aliphatic heterocycles. The summed E-state index contributed by atoms with van der Waals surface area (Å²) in [5.74, 6) is 0.00747. The molecule has 0 spiro atoms. The van der Waals surface area contributed by atoms with Gasteiger partial charge in [-0.3, -0.25) is 9.69 Å². The van der Waals surface area contributed by atoms with Gasteiger partial charge in [0.15, 0.2) is 0 Å². The Balaban J connectivity index is 1.49. The van der Waals surface area contributed by atoms with Crippen LogP contribution in [0.3, 0.4) is 0 Å². The first-order chi connectivity index (χ1) is 13.6. The van der Waals surface area contributed by atoms with Gasteiger partial charge in [-0.25, -0.2) is 8.42 Å². The minimum atomic E-state index is -3.50. The van der Waals surface area contributed by atoms with Crippen molar-refractivity contribution in [3.8, 4) is 0 Å². The monoisotopic (exact) mass is 399 g/mol. The first kappa shape index (κ1) is 19.1. The van der Waals surface area contributed by atoms with Gasteiger partial charge in [-0.1, -0.05) is 48.5 Å². The molecule has 2 aromatic carbocycles. The topological polar surface area (TPSA) is 69.7 Å². The van der Waals surface area contributed by atoms with Gasteiger partial charge in [0.25, 0.3) is 0 Å².